The van der Waals surface area contributed by atoms with Gasteiger partial charge in [-0.25, -0.2) is 4.79 Å². The second-order valence-corrected chi connectivity index (χ2v) is 5.92. The Morgan fingerprint density at radius 3 is 2.50 bits per heavy atom. The van der Waals surface area contributed by atoms with Gasteiger partial charge in [0.1, 0.15) is 5.75 Å². The second-order valence-electron chi connectivity index (χ2n) is 5.92. The van der Waals surface area contributed by atoms with Gasteiger partial charge < -0.3 is 15.2 Å². The molecule has 0 aliphatic rings. The number of carbonyl (C=O) groups is 2. The number of carbonyl (C=O) groups excluding carboxylic acids is 1. The van der Waals surface area contributed by atoms with E-state index in [1.165, 1.54) is 6.07 Å². The Labute approximate surface area is 141 Å². The molecule has 5 nitrogen and oxygen atoms in total. The summed E-state index contributed by atoms with van der Waals surface area (Å²) in [5.74, 6) is -0.155. The van der Waals surface area contributed by atoms with Crippen LogP contribution in [0.2, 0.25) is 0 Å². The molecule has 2 aromatic rings. The number of carboxylic acid groups (broad SMARTS) is 1. The first-order chi connectivity index (χ1) is 11.5. The number of aromatic carboxylic acids is 1. The zero-order chi connectivity index (χ0) is 17.5. The van der Waals surface area contributed by atoms with Crippen molar-refractivity contribution in [3.05, 3.63) is 65.2 Å². The van der Waals surface area contributed by atoms with Crippen LogP contribution in [0.5, 0.6) is 5.75 Å². The van der Waals surface area contributed by atoms with Gasteiger partial charge in [-0.1, -0.05) is 32.0 Å². The normalized spacial score (nSPS) is 10.5. The lowest BCUT2D eigenvalue weighted by molar-refractivity contribution is 0.0696. The van der Waals surface area contributed by atoms with Crippen LogP contribution < -0.4 is 10.1 Å². The molecule has 2 rings (SSSR count). The van der Waals surface area contributed by atoms with Crippen molar-refractivity contribution < 1.29 is 19.4 Å². The number of ether oxygens (including phenoxy) is 1. The van der Waals surface area contributed by atoms with Crippen molar-refractivity contribution in [3.63, 3.8) is 0 Å². The standard InChI is InChI=1S/C19H21NO4/c1-13(2)12-24-17-8-4-6-15(10-17)18(21)20-11-14-5-3-7-16(9-14)19(22)23/h3-10,13H,11-12H2,1-2H3,(H,20,21)(H,22,23). The molecule has 0 heterocycles. The molecule has 2 aromatic carbocycles. The highest BCUT2D eigenvalue weighted by Gasteiger charge is 2.08. The summed E-state index contributed by atoms with van der Waals surface area (Å²) in [4.78, 5) is 23.2. The summed E-state index contributed by atoms with van der Waals surface area (Å²) < 4.78 is 5.62. The lowest BCUT2D eigenvalue weighted by atomic mass is 10.1. The van der Waals surface area contributed by atoms with Gasteiger partial charge in [-0.3, -0.25) is 4.79 Å². The molecular weight excluding hydrogens is 306 g/mol. The van der Waals surface area contributed by atoms with Crippen LogP contribution in [0, 0.1) is 5.92 Å². The molecule has 2 N–H and O–H groups in total. The van der Waals surface area contributed by atoms with Crippen LogP contribution in [0.4, 0.5) is 0 Å². The van der Waals surface area contributed by atoms with Crippen molar-refractivity contribution in [3.8, 4) is 5.75 Å². The summed E-state index contributed by atoms with van der Waals surface area (Å²) in [7, 11) is 0. The molecule has 0 unspecified atom stereocenters. The molecule has 0 saturated carbocycles. The topological polar surface area (TPSA) is 75.6 Å². The maximum Gasteiger partial charge on any atom is 0.335 e. The van der Waals surface area contributed by atoms with E-state index in [0.29, 0.717) is 23.8 Å². The maximum absolute atomic E-state index is 12.2. The van der Waals surface area contributed by atoms with Crippen molar-refractivity contribution in [1.82, 2.24) is 5.32 Å². The molecule has 0 spiro atoms. The minimum atomic E-state index is -0.988. The minimum Gasteiger partial charge on any atom is -0.493 e. The predicted molar refractivity (Wildman–Crippen MR) is 91.3 cm³/mol. The average Bonchev–Trinajstić information content (AvgIpc) is 2.58. The van der Waals surface area contributed by atoms with Crippen LogP contribution in [0.3, 0.4) is 0 Å². The molecule has 0 aliphatic carbocycles. The van der Waals surface area contributed by atoms with Gasteiger partial charge in [-0.15, -0.1) is 0 Å². The maximum atomic E-state index is 12.2. The predicted octanol–water partition coefficient (Wildman–Crippen LogP) is 3.35. The van der Waals surface area contributed by atoms with Crippen molar-refractivity contribution in [2.75, 3.05) is 6.61 Å². The number of carboxylic acids is 1. The Bertz CT molecular complexity index is 725. The van der Waals surface area contributed by atoms with Gasteiger partial charge in [0.2, 0.25) is 0 Å². The van der Waals surface area contributed by atoms with E-state index in [4.69, 9.17) is 9.84 Å². The van der Waals surface area contributed by atoms with Crippen LogP contribution in [-0.4, -0.2) is 23.6 Å². The fourth-order valence-corrected chi connectivity index (χ4v) is 2.09. The molecular formula is C19H21NO4. The molecule has 0 atom stereocenters. The van der Waals surface area contributed by atoms with Gasteiger partial charge in [-0.2, -0.15) is 0 Å². The Balaban J connectivity index is 1.98. The molecule has 24 heavy (non-hydrogen) atoms. The lowest BCUT2D eigenvalue weighted by Gasteiger charge is -2.10. The smallest absolute Gasteiger partial charge is 0.335 e. The van der Waals surface area contributed by atoms with Crippen molar-refractivity contribution in [2.45, 2.75) is 20.4 Å². The fraction of sp³-hybridized carbons (Fsp3) is 0.263. The summed E-state index contributed by atoms with van der Waals surface area (Å²) >= 11 is 0. The van der Waals surface area contributed by atoms with Crippen LogP contribution in [-0.2, 0) is 6.54 Å². The molecule has 0 saturated heterocycles. The minimum absolute atomic E-state index is 0.200. The second kappa shape index (κ2) is 8.15. The molecule has 0 fully saturated rings. The number of hydrogen-bond donors (Lipinski definition) is 2. The Kier molecular flexibility index (Phi) is 5.95. The van der Waals surface area contributed by atoms with E-state index in [-0.39, 0.29) is 18.0 Å². The summed E-state index contributed by atoms with van der Waals surface area (Å²) in [5, 5.41) is 11.8. The summed E-state index contributed by atoms with van der Waals surface area (Å²) in [5.41, 5.74) is 1.44. The number of amides is 1. The zero-order valence-corrected chi connectivity index (χ0v) is 13.8. The van der Waals surface area contributed by atoms with Gasteiger partial charge in [0.25, 0.3) is 5.91 Å². The molecule has 0 bridgehead atoms. The van der Waals surface area contributed by atoms with Crippen LogP contribution in [0.25, 0.3) is 0 Å². The van der Waals surface area contributed by atoms with Crippen molar-refractivity contribution in [2.24, 2.45) is 5.92 Å². The van der Waals surface area contributed by atoms with E-state index in [0.717, 1.165) is 5.56 Å². The van der Waals surface area contributed by atoms with Crippen LogP contribution >= 0.6 is 0 Å². The zero-order valence-electron chi connectivity index (χ0n) is 13.8. The van der Waals surface area contributed by atoms with Gasteiger partial charge in [0.05, 0.1) is 12.2 Å². The van der Waals surface area contributed by atoms with Crippen molar-refractivity contribution in [1.29, 1.82) is 0 Å². The van der Waals surface area contributed by atoms with Gasteiger partial charge in [0, 0.05) is 12.1 Å². The van der Waals surface area contributed by atoms with Gasteiger partial charge in [0.15, 0.2) is 0 Å². The van der Waals surface area contributed by atoms with Crippen LogP contribution in [0.15, 0.2) is 48.5 Å². The molecule has 1 amide bonds. The van der Waals surface area contributed by atoms with Crippen LogP contribution in [0.1, 0.15) is 40.1 Å². The largest absolute Gasteiger partial charge is 0.493 e. The Morgan fingerprint density at radius 1 is 1.08 bits per heavy atom. The van der Waals surface area contributed by atoms with E-state index in [2.05, 4.69) is 19.2 Å². The summed E-state index contributed by atoms with van der Waals surface area (Å²) in [6, 6.07) is 13.5. The molecule has 126 valence electrons. The highest BCUT2D eigenvalue weighted by Crippen LogP contribution is 2.14. The Hall–Kier alpha value is -2.82. The van der Waals surface area contributed by atoms with E-state index in [9.17, 15) is 9.59 Å². The first kappa shape index (κ1) is 17.5. The fourth-order valence-electron chi connectivity index (χ4n) is 2.09. The van der Waals surface area contributed by atoms with E-state index in [1.807, 2.05) is 6.07 Å². The monoisotopic (exact) mass is 327 g/mol. The third-order valence-corrected chi connectivity index (χ3v) is 3.31. The Morgan fingerprint density at radius 2 is 1.79 bits per heavy atom. The number of rotatable bonds is 7. The first-order valence-electron chi connectivity index (χ1n) is 7.79. The molecule has 0 aromatic heterocycles. The molecule has 0 aliphatic heterocycles. The SMILES string of the molecule is CC(C)COc1cccc(C(=O)NCc2cccc(C(=O)O)c2)c1. The van der Waals surface area contributed by atoms with Gasteiger partial charge >= 0.3 is 5.97 Å². The van der Waals surface area contributed by atoms with Gasteiger partial charge in [-0.05, 0) is 41.8 Å². The third kappa shape index (κ3) is 5.12. The first-order valence-corrected chi connectivity index (χ1v) is 7.79. The number of hydrogen-bond acceptors (Lipinski definition) is 3. The highest BCUT2D eigenvalue weighted by atomic mass is 16.5. The van der Waals surface area contributed by atoms with E-state index in [1.54, 1.807) is 36.4 Å². The number of nitrogens with one attached hydrogen (secondary N) is 1. The summed E-state index contributed by atoms with van der Waals surface area (Å²) in [6.45, 7) is 4.97. The number of benzene rings is 2. The lowest BCUT2D eigenvalue weighted by Crippen LogP contribution is -2.23. The average molecular weight is 327 g/mol. The van der Waals surface area contributed by atoms with E-state index >= 15 is 0 Å². The van der Waals surface area contributed by atoms with Crippen molar-refractivity contribution >= 4 is 11.9 Å². The summed E-state index contributed by atoms with van der Waals surface area (Å²) in [6.07, 6.45) is 0. The highest BCUT2D eigenvalue weighted by molar-refractivity contribution is 5.94. The quantitative estimate of drug-likeness (QED) is 0.818. The van der Waals surface area contributed by atoms with E-state index < -0.39 is 5.97 Å². The molecule has 5 heteroatoms. The third-order valence-electron chi connectivity index (χ3n) is 3.31. The molecule has 0 radical (unpaired) electrons.